The summed E-state index contributed by atoms with van der Waals surface area (Å²) in [7, 11) is 0. The van der Waals surface area contributed by atoms with Gasteiger partial charge in [0.2, 0.25) is 0 Å². The average Bonchev–Trinajstić information content (AvgIpc) is 2.41. The lowest BCUT2D eigenvalue weighted by atomic mass is 10.2. The number of nitrogens with zero attached hydrogens (tertiary/aromatic N) is 1. The fourth-order valence-corrected chi connectivity index (χ4v) is 1.83. The van der Waals surface area contributed by atoms with Crippen LogP contribution in [0.3, 0.4) is 0 Å². The van der Waals surface area contributed by atoms with Gasteiger partial charge in [-0.25, -0.2) is 0 Å². The van der Waals surface area contributed by atoms with Crippen molar-refractivity contribution < 1.29 is 4.74 Å². The second kappa shape index (κ2) is 5.65. The molecule has 1 aromatic heterocycles. The van der Waals surface area contributed by atoms with Crippen molar-refractivity contribution in [2.24, 2.45) is 5.73 Å². The van der Waals surface area contributed by atoms with Crippen molar-refractivity contribution in [3.05, 3.63) is 53.3 Å². The minimum Gasteiger partial charge on any atom is -0.455 e. The summed E-state index contributed by atoms with van der Waals surface area (Å²) >= 11 is 0. The van der Waals surface area contributed by atoms with Gasteiger partial charge >= 0.3 is 0 Å². The maximum Gasteiger partial charge on any atom is 0.148 e. The van der Waals surface area contributed by atoms with Gasteiger partial charge in [-0.2, -0.15) is 0 Å². The van der Waals surface area contributed by atoms with Gasteiger partial charge in [0.05, 0.1) is 5.69 Å². The number of hydrogen-bond donors (Lipinski definition) is 1. The van der Waals surface area contributed by atoms with Gasteiger partial charge in [-0.1, -0.05) is 25.1 Å². The predicted octanol–water partition coefficient (Wildman–Crippen LogP) is 3.20. The van der Waals surface area contributed by atoms with E-state index in [4.69, 9.17) is 10.5 Å². The van der Waals surface area contributed by atoms with E-state index in [1.165, 1.54) is 0 Å². The molecule has 0 radical (unpaired) electrons. The zero-order valence-electron chi connectivity index (χ0n) is 10.8. The van der Waals surface area contributed by atoms with Crippen molar-refractivity contribution in [2.45, 2.75) is 26.8 Å². The van der Waals surface area contributed by atoms with Gasteiger partial charge in [-0.15, -0.1) is 0 Å². The molecule has 0 saturated carbocycles. The molecule has 94 valence electrons. The third kappa shape index (κ3) is 2.68. The third-order valence-electron chi connectivity index (χ3n) is 2.82. The number of pyridine rings is 1. The van der Waals surface area contributed by atoms with Crippen molar-refractivity contribution in [1.82, 2.24) is 4.98 Å². The molecule has 0 amide bonds. The summed E-state index contributed by atoms with van der Waals surface area (Å²) in [6, 6.07) is 11.7. The minimum absolute atomic E-state index is 0.469. The summed E-state index contributed by atoms with van der Waals surface area (Å²) in [5, 5.41) is 0. The molecule has 0 aliphatic heterocycles. The van der Waals surface area contributed by atoms with E-state index in [-0.39, 0.29) is 0 Å². The van der Waals surface area contributed by atoms with Crippen molar-refractivity contribution in [1.29, 1.82) is 0 Å². The first-order valence-corrected chi connectivity index (χ1v) is 6.17. The molecule has 2 aromatic rings. The average molecular weight is 242 g/mol. The second-order valence-corrected chi connectivity index (χ2v) is 4.16. The van der Waals surface area contributed by atoms with Gasteiger partial charge in [0.15, 0.2) is 0 Å². The van der Waals surface area contributed by atoms with Gasteiger partial charge in [0.1, 0.15) is 11.5 Å². The van der Waals surface area contributed by atoms with Crippen molar-refractivity contribution >= 4 is 0 Å². The molecule has 0 atom stereocenters. The van der Waals surface area contributed by atoms with Crippen LogP contribution >= 0.6 is 0 Å². The standard InChI is InChI=1S/C15H18N2O/c1-3-13-15(9-8-11(2)17-13)18-14-7-5-4-6-12(14)10-16/h4-9H,3,10,16H2,1-2H3. The van der Waals surface area contributed by atoms with Crippen LogP contribution in [0.15, 0.2) is 36.4 Å². The molecule has 3 nitrogen and oxygen atoms in total. The molecule has 0 aliphatic carbocycles. The Kier molecular flexibility index (Phi) is 3.95. The second-order valence-electron chi connectivity index (χ2n) is 4.16. The van der Waals surface area contributed by atoms with E-state index in [1.807, 2.05) is 43.3 Å². The largest absolute Gasteiger partial charge is 0.455 e. The highest BCUT2D eigenvalue weighted by atomic mass is 16.5. The molecule has 1 heterocycles. The van der Waals surface area contributed by atoms with Crippen molar-refractivity contribution in [3.8, 4) is 11.5 Å². The van der Waals surface area contributed by atoms with E-state index in [1.54, 1.807) is 0 Å². The van der Waals surface area contributed by atoms with Crippen LogP contribution in [0.1, 0.15) is 23.9 Å². The lowest BCUT2D eigenvalue weighted by molar-refractivity contribution is 0.467. The molecular formula is C15H18N2O. The van der Waals surface area contributed by atoms with Crippen LogP contribution in [-0.2, 0) is 13.0 Å². The van der Waals surface area contributed by atoms with Crippen LogP contribution in [0, 0.1) is 6.92 Å². The van der Waals surface area contributed by atoms with Gasteiger partial charge in [-0.05, 0) is 31.5 Å². The number of ether oxygens (including phenoxy) is 1. The van der Waals surface area contributed by atoms with Crippen LogP contribution < -0.4 is 10.5 Å². The first-order valence-electron chi connectivity index (χ1n) is 6.17. The molecule has 0 saturated heterocycles. The van der Waals surface area contributed by atoms with Gasteiger partial charge in [0.25, 0.3) is 0 Å². The normalized spacial score (nSPS) is 10.4. The number of hydrogen-bond acceptors (Lipinski definition) is 3. The fourth-order valence-electron chi connectivity index (χ4n) is 1.83. The SMILES string of the molecule is CCc1nc(C)ccc1Oc1ccccc1CN. The Bertz CT molecular complexity index is 538. The number of para-hydroxylation sites is 1. The summed E-state index contributed by atoms with van der Waals surface area (Å²) in [6.07, 6.45) is 0.849. The Morgan fingerprint density at radius 1 is 1.11 bits per heavy atom. The minimum atomic E-state index is 0.469. The Hall–Kier alpha value is -1.87. The summed E-state index contributed by atoms with van der Waals surface area (Å²) in [4.78, 5) is 4.49. The number of nitrogens with two attached hydrogens (primary N) is 1. The quantitative estimate of drug-likeness (QED) is 0.895. The molecule has 0 aliphatic rings. The monoisotopic (exact) mass is 242 g/mol. The molecule has 0 spiro atoms. The van der Waals surface area contributed by atoms with E-state index in [2.05, 4.69) is 11.9 Å². The fraction of sp³-hybridized carbons (Fsp3) is 0.267. The molecule has 3 heteroatoms. The Balaban J connectivity index is 2.33. The third-order valence-corrected chi connectivity index (χ3v) is 2.82. The molecule has 2 rings (SSSR count). The Morgan fingerprint density at radius 3 is 2.61 bits per heavy atom. The lowest BCUT2D eigenvalue weighted by Gasteiger charge is -2.12. The van der Waals surface area contributed by atoms with Crippen LogP contribution in [0.2, 0.25) is 0 Å². The maximum atomic E-state index is 5.93. The zero-order chi connectivity index (χ0) is 13.0. The topological polar surface area (TPSA) is 48.1 Å². The van der Waals surface area contributed by atoms with Crippen LogP contribution in [0.5, 0.6) is 11.5 Å². The number of rotatable bonds is 4. The lowest BCUT2D eigenvalue weighted by Crippen LogP contribution is -2.01. The van der Waals surface area contributed by atoms with E-state index in [0.29, 0.717) is 6.54 Å². The Morgan fingerprint density at radius 2 is 1.89 bits per heavy atom. The molecule has 1 aromatic carbocycles. The van der Waals surface area contributed by atoms with Gasteiger partial charge in [-0.3, -0.25) is 4.98 Å². The smallest absolute Gasteiger partial charge is 0.148 e. The van der Waals surface area contributed by atoms with Crippen molar-refractivity contribution in [3.63, 3.8) is 0 Å². The van der Waals surface area contributed by atoms with Crippen LogP contribution in [0.25, 0.3) is 0 Å². The maximum absolute atomic E-state index is 5.93. The molecular weight excluding hydrogens is 224 g/mol. The highest BCUT2D eigenvalue weighted by Crippen LogP contribution is 2.27. The zero-order valence-corrected chi connectivity index (χ0v) is 10.8. The molecule has 18 heavy (non-hydrogen) atoms. The summed E-state index contributed by atoms with van der Waals surface area (Å²) in [5.74, 6) is 1.62. The highest BCUT2D eigenvalue weighted by molar-refractivity contribution is 5.39. The van der Waals surface area contributed by atoms with Crippen molar-refractivity contribution in [2.75, 3.05) is 0 Å². The predicted molar refractivity (Wildman–Crippen MR) is 72.8 cm³/mol. The summed E-state index contributed by atoms with van der Waals surface area (Å²) in [6.45, 7) is 4.52. The van der Waals surface area contributed by atoms with E-state index < -0.39 is 0 Å². The molecule has 0 unspecified atom stereocenters. The van der Waals surface area contributed by atoms with Crippen LogP contribution in [0.4, 0.5) is 0 Å². The number of benzene rings is 1. The molecule has 2 N–H and O–H groups in total. The van der Waals surface area contributed by atoms with E-state index in [9.17, 15) is 0 Å². The van der Waals surface area contributed by atoms with E-state index in [0.717, 1.165) is 34.9 Å². The Labute approximate surface area is 108 Å². The molecule has 0 bridgehead atoms. The van der Waals surface area contributed by atoms with Crippen LogP contribution in [-0.4, -0.2) is 4.98 Å². The first kappa shape index (κ1) is 12.6. The summed E-state index contributed by atoms with van der Waals surface area (Å²) < 4.78 is 5.93. The summed E-state index contributed by atoms with van der Waals surface area (Å²) in [5.41, 5.74) is 8.68. The number of aryl methyl sites for hydroxylation is 2. The highest BCUT2D eigenvalue weighted by Gasteiger charge is 2.07. The van der Waals surface area contributed by atoms with Gasteiger partial charge < -0.3 is 10.5 Å². The first-order chi connectivity index (χ1) is 8.74. The van der Waals surface area contributed by atoms with E-state index >= 15 is 0 Å². The number of aromatic nitrogens is 1. The molecule has 0 fully saturated rings. The van der Waals surface area contributed by atoms with Gasteiger partial charge in [0, 0.05) is 17.8 Å².